The molecule has 7 nitrogen and oxygen atoms in total. The zero-order chi connectivity index (χ0) is 23.9. The van der Waals surface area contributed by atoms with E-state index in [4.69, 9.17) is 0 Å². The Morgan fingerprint density at radius 3 is 2.29 bits per heavy atom. The Morgan fingerprint density at radius 1 is 0.971 bits per heavy atom. The molecule has 1 atom stereocenters. The lowest BCUT2D eigenvalue weighted by Crippen LogP contribution is -2.28. The van der Waals surface area contributed by atoms with E-state index in [9.17, 15) is 13.6 Å². The molecule has 1 unspecified atom stereocenters. The molecule has 0 radical (unpaired) electrons. The number of aromatic nitrogens is 2. The highest BCUT2D eigenvalue weighted by molar-refractivity contribution is 9.08. The van der Waals surface area contributed by atoms with E-state index >= 15 is 0 Å². The molecule has 3 aromatic carbocycles. The van der Waals surface area contributed by atoms with Crippen molar-refractivity contribution in [3.05, 3.63) is 107 Å². The predicted octanol–water partition coefficient (Wildman–Crippen LogP) is 4.89. The van der Waals surface area contributed by atoms with Crippen LogP contribution in [0.15, 0.2) is 78.9 Å². The summed E-state index contributed by atoms with van der Waals surface area (Å²) in [5, 5.41) is 3.37. The summed E-state index contributed by atoms with van der Waals surface area (Å²) in [5.74, 6) is -0.200. The molecule has 1 amide bonds. The summed E-state index contributed by atoms with van der Waals surface area (Å²) in [7, 11) is 0. The van der Waals surface area contributed by atoms with Crippen LogP contribution in [0.2, 0.25) is 0 Å². The second-order valence-electron chi connectivity index (χ2n) is 7.36. The monoisotopic (exact) mass is 555 g/mol. The predicted molar refractivity (Wildman–Crippen MR) is 137 cm³/mol. The summed E-state index contributed by atoms with van der Waals surface area (Å²) in [6.45, 7) is 0.317. The number of benzene rings is 3. The summed E-state index contributed by atoms with van der Waals surface area (Å²) in [5.41, 5.74) is 3.69. The zero-order valence-corrected chi connectivity index (χ0v) is 21.1. The SMILES string of the molecule is O=C(NCc1ccccc1)c1ccc(CBr)cc1N(c1nsnc1Cc1ccccc1)S(=O)[O-]. The van der Waals surface area contributed by atoms with Gasteiger partial charge in [0, 0.05) is 18.3 Å². The number of nitrogens with zero attached hydrogens (tertiary/aromatic N) is 3. The highest BCUT2D eigenvalue weighted by Crippen LogP contribution is 2.33. The van der Waals surface area contributed by atoms with Gasteiger partial charge in [-0.1, -0.05) is 82.7 Å². The van der Waals surface area contributed by atoms with Gasteiger partial charge in [-0.25, -0.2) is 0 Å². The van der Waals surface area contributed by atoms with E-state index < -0.39 is 11.3 Å². The summed E-state index contributed by atoms with van der Waals surface area (Å²) in [4.78, 5) is 13.1. The van der Waals surface area contributed by atoms with Crippen molar-refractivity contribution in [1.82, 2.24) is 14.1 Å². The van der Waals surface area contributed by atoms with Gasteiger partial charge in [0.15, 0.2) is 5.82 Å². The Hall–Kier alpha value is -2.92. The van der Waals surface area contributed by atoms with E-state index in [1.165, 1.54) is 0 Å². The zero-order valence-electron chi connectivity index (χ0n) is 17.9. The van der Waals surface area contributed by atoms with Gasteiger partial charge in [0.1, 0.15) is 5.69 Å². The van der Waals surface area contributed by atoms with Gasteiger partial charge in [-0.3, -0.25) is 13.3 Å². The van der Waals surface area contributed by atoms with Gasteiger partial charge in [-0.2, -0.15) is 8.75 Å². The van der Waals surface area contributed by atoms with Crippen molar-refractivity contribution < 1.29 is 13.6 Å². The lowest BCUT2D eigenvalue weighted by molar-refractivity contribution is 0.0951. The van der Waals surface area contributed by atoms with Crippen molar-refractivity contribution in [2.24, 2.45) is 0 Å². The van der Waals surface area contributed by atoms with Crippen LogP contribution in [0.5, 0.6) is 0 Å². The lowest BCUT2D eigenvalue weighted by atomic mass is 10.1. The molecule has 0 saturated heterocycles. The normalized spacial score (nSPS) is 11.7. The van der Waals surface area contributed by atoms with Crippen molar-refractivity contribution in [3.63, 3.8) is 0 Å². The second kappa shape index (κ2) is 11.5. The number of anilines is 2. The first kappa shape index (κ1) is 24.2. The van der Waals surface area contributed by atoms with Crippen molar-refractivity contribution in [2.75, 3.05) is 4.31 Å². The van der Waals surface area contributed by atoms with Crippen LogP contribution in [-0.2, 0) is 29.6 Å². The Bertz CT molecular complexity index is 1290. The van der Waals surface area contributed by atoms with Crippen molar-refractivity contribution in [1.29, 1.82) is 0 Å². The molecule has 0 fully saturated rings. The molecule has 4 rings (SSSR count). The van der Waals surface area contributed by atoms with Gasteiger partial charge in [0.2, 0.25) is 0 Å². The third-order valence-corrected chi connectivity index (χ3v) is 6.94. The highest BCUT2D eigenvalue weighted by atomic mass is 79.9. The topological polar surface area (TPSA) is 98.2 Å². The van der Waals surface area contributed by atoms with Crippen LogP contribution < -0.4 is 9.62 Å². The maximum absolute atomic E-state index is 13.1. The molecule has 0 saturated carbocycles. The van der Waals surface area contributed by atoms with Crippen LogP contribution in [0.1, 0.15) is 32.7 Å². The quantitative estimate of drug-likeness (QED) is 0.234. The molecule has 0 aliphatic heterocycles. The summed E-state index contributed by atoms with van der Waals surface area (Å²) >= 11 is 1.61. The lowest BCUT2D eigenvalue weighted by Gasteiger charge is -2.27. The second-order valence-corrected chi connectivity index (χ2v) is 9.25. The largest absolute Gasteiger partial charge is 0.755 e. The number of rotatable bonds is 9. The van der Waals surface area contributed by atoms with Gasteiger partial charge in [0.05, 0.1) is 34.2 Å². The van der Waals surface area contributed by atoms with Gasteiger partial charge < -0.3 is 9.87 Å². The fourth-order valence-electron chi connectivity index (χ4n) is 3.42. The first-order chi connectivity index (χ1) is 16.6. The van der Waals surface area contributed by atoms with Crippen LogP contribution in [-0.4, -0.2) is 23.4 Å². The molecule has 0 aliphatic rings. The van der Waals surface area contributed by atoms with Crippen LogP contribution in [0, 0.1) is 0 Å². The average molecular weight is 556 g/mol. The molecule has 4 aromatic rings. The maximum Gasteiger partial charge on any atom is 0.253 e. The Labute approximate surface area is 212 Å². The van der Waals surface area contributed by atoms with Crippen LogP contribution in [0.25, 0.3) is 0 Å². The van der Waals surface area contributed by atoms with E-state index in [1.54, 1.807) is 18.2 Å². The number of halogens is 1. The van der Waals surface area contributed by atoms with E-state index in [2.05, 4.69) is 30.0 Å². The van der Waals surface area contributed by atoms with E-state index in [-0.39, 0.29) is 23.0 Å². The van der Waals surface area contributed by atoms with Crippen LogP contribution >= 0.6 is 27.7 Å². The first-order valence-electron chi connectivity index (χ1n) is 10.3. The van der Waals surface area contributed by atoms with Crippen molar-refractivity contribution >= 4 is 56.3 Å². The third kappa shape index (κ3) is 5.76. The average Bonchev–Trinajstić information content (AvgIpc) is 3.31. The molecule has 0 spiro atoms. The van der Waals surface area contributed by atoms with Gasteiger partial charge in [-0.15, -0.1) is 0 Å². The maximum atomic E-state index is 13.1. The minimum atomic E-state index is -2.74. The Kier molecular flexibility index (Phi) is 8.17. The minimum absolute atomic E-state index is 0.186. The van der Waals surface area contributed by atoms with E-state index in [1.807, 2.05) is 60.7 Å². The fourth-order valence-corrected chi connectivity index (χ4v) is 4.96. The summed E-state index contributed by atoms with van der Waals surface area (Å²) in [6.07, 6.45) is 0.411. The van der Waals surface area contributed by atoms with Crippen molar-refractivity contribution in [2.45, 2.75) is 18.3 Å². The molecular weight excluding hydrogens is 536 g/mol. The number of amides is 1. The molecule has 1 heterocycles. The number of carbonyl (C=O) groups excluding carboxylic acids is 1. The van der Waals surface area contributed by atoms with E-state index in [0.717, 1.165) is 32.7 Å². The minimum Gasteiger partial charge on any atom is -0.755 e. The van der Waals surface area contributed by atoms with Gasteiger partial charge >= 0.3 is 0 Å². The fraction of sp³-hybridized carbons (Fsp3) is 0.125. The molecule has 1 aromatic heterocycles. The van der Waals surface area contributed by atoms with Crippen molar-refractivity contribution in [3.8, 4) is 0 Å². The summed E-state index contributed by atoms with van der Waals surface area (Å²) in [6, 6.07) is 24.2. The standard InChI is InChI=1S/C24H21BrN4O3S2/c25-15-19-11-12-20(24(30)26-16-18-9-5-2-6-10-18)22(14-19)29(34(31)32)23-21(27-33-28-23)13-17-7-3-1-4-8-17/h1-12,14H,13,15-16H2,(H,26,30)(H,31,32)/p-1. The smallest absolute Gasteiger partial charge is 0.253 e. The number of hydrogen-bond donors (Lipinski definition) is 1. The van der Waals surface area contributed by atoms with Crippen LogP contribution in [0.4, 0.5) is 11.5 Å². The first-order valence-corrected chi connectivity index (χ1v) is 13.2. The van der Waals surface area contributed by atoms with E-state index in [0.29, 0.717) is 24.0 Å². The molecule has 1 N–H and O–H groups in total. The summed E-state index contributed by atoms with van der Waals surface area (Å²) < 4.78 is 34.6. The third-order valence-electron chi connectivity index (χ3n) is 5.07. The number of carbonyl (C=O) groups is 1. The number of hydrogen-bond acceptors (Lipinski definition) is 6. The highest BCUT2D eigenvalue weighted by Gasteiger charge is 2.24. The van der Waals surface area contributed by atoms with Gasteiger partial charge in [-0.05, 0) is 28.8 Å². The molecule has 34 heavy (non-hydrogen) atoms. The molecule has 0 bridgehead atoms. The Balaban J connectivity index is 1.70. The molecule has 174 valence electrons. The molecular formula is C24H20BrN4O3S2-. The number of alkyl halides is 1. The van der Waals surface area contributed by atoms with Crippen LogP contribution in [0.3, 0.4) is 0 Å². The molecule has 10 heteroatoms. The van der Waals surface area contributed by atoms with Gasteiger partial charge in [0.25, 0.3) is 5.91 Å². The molecule has 0 aliphatic carbocycles. The number of nitrogens with one attached hydrogen (secondary N) is 1. The Morgan fingerprint density at radius 2 is 1.65 bits per heavy atom.